The third kappa shape index (κ3) is 4.85. The fraction of sp³-hybridized carbons (Fsp3) is 0.516. The van der Waals surface area contributed by atoms with Gasteiger partial charge in [0.15, 0.2) is 0 Å². The molecule has 0 saturated carbocycles. The van der Waals surface area contributed by atoms with Gasteiger partial charge in [0.2, 0.25) is 0 Å². The number of hydrogen-bond acceptors (Lipinski definition) is 9. The Hall–Kier alpha value is -3.61. The molecule has 1 aromatic heterocycles. The number of aromatic nitrogens is 2. The Bertz CT molecular complexity index is 1590. The Morgan fingerprint density at radius 3 is 2.91 bits per heavy atom. The summed E-state index contributed by atoms with van der Waals surface area (Å²) in [6, 6.07) is 6.06. The second-order valence-corrected chi connectivity index (χ2v) is 12.0. The number of anilines is 2. The first-order chi connectivity index (χ1) is 20.8. The molecule has 2 N–H and O–H groups in total. The molecule has 4 aliphatic rings. The molecule has 0 aliphatic carbocycles. The summed E-state index contributed by atoms with van der Waals surface area (Å²) in [5.74, 6) is -0.514. The molecule has 3 atom stereocenters. The van der Waals surface area contributed by atoms with Crippen LogP contribution in [0.5, 0.6) is 11.8 Å². The minimum absolute atomic E-state index is 0.0499. The van der Waals surface area contributed by atoms with E-state index in [1.165, 1.54) is 17.0 Å². The minimum Gasteiger partial charge on any atom is -0.508 e. The van der Waals surface area contributed by atoms with Crippen LogP contribution in [0.1, 0.15) is 47.8 Å². The number of carbonyl (C=O) groups excluding carboxylic acids is 1. The number of β-amino-alcohol motifs (C(OH)–C–C–N with tert-alkyl or cyclic N) is 1. The number of aryl methyl sites for hydroxylation is 1. The number of nitrogens with zero attached hydrogens (tertiary/aromatic N) is 5. The smallest absolute Gasteiger partial charge is 0.318 e. The molecular weight excluding hydrogens is 560 g/mol. The van der Waals surface area contributed by atoms with Crippen molar-refractivity contribution < 1.29 is 33.3 Å². The first-order valence-corrected chi connectivity index (χ1v) is 15.0. The maximum absolute atomic E-state index is 14.9. The highest BCUT2D eigenvalue weighted by atomic mass is 19.1. The molecule has 43 heavy (non-hydrogen) atoms. The van der Waals surface area contributed by atoms with Crippen LogP contribution < -0.4 is 14.5 Å². The fourth-order valence-corrected chi connectivity index (χ4v) is 7.32. The van der Waals surface area contributed by atoms with Gasteiger partial charge in [0.1, 0.15) is 35.7 Å². The van der Waals surface area contributed by atoms with Crippen LogP contribution in [0.4, 0.5) is 20.3 Å². The van der Waals surface area contributed by atoms with Crippen molar-refractivity contribution in [1.82, 2.24) is 14.9 Å². The predicted molar refractivity (Wildman–Crippen MR) is 155 cm³/mol. The van der Waals surface area contributed by atoms with E-state index < -0.39 is 23.7 Å². The summed E-state index contributed by atoms with van der Waals surface area (Å²) in [5, 5.41) is 22.2. The summed E-state index contributed by atoms with van der Waals surface area (Å²) in [7, 11) is 0. The van der Waals surface area contributed by atoms with Gasteiger partial charge < -0.3 is 29.5 Å². The maximum Gasteiger partial charge on any atom is 0.318 e. The third-order valence-corrected chi connectivity index (χ3v) is 9.26. The van der Waals surface area contributed by atoms with E-state index in [0.717, 1.165) is 19.4 Å². The van der Waals surface area contributed by atoms with Crippen LogP contribution in [-0.2, 0) is 17.7 Å². The monoisotopic (exact) mass is 595 g/mol. The number of phenols is 1. The number of amides is 1. The van der Waals surface area contributed by atoms with Crippen LogP contribution in [0.25, 0.3) is 10.8 Å². The third-order valence-electron chi connectivity index (χ3n) is 9.26. The summed E-state index contributed by atoms with van der Waals surface area (Å²) >= 11 is 0. The Labute approximate surface area is 247 Å². The minimum atomic E-state index is -0.903. The number of ether oxygens (including phenoxy) is 2. The van der Waals surface area contributed by atoms with Crippen molar-refractivity contribution in [1.29, 1.82) is 0 Å². The molecule has 0 spiro atoms. The molecule has 1 unspecified atom stereocenters. The normalized spacial score (nSPS) is 25.8. The highest BCUT2D eigenvalue weighted by Gasteiger charge is 2.49. The van der Waals surface area contributed by atoms with Crippen molar-refractivity contribution >= 4 is 28.2 Å². The van der Waals surface area contributed by atoms with Gasteiger partial charge in [-0.1, -0.05) is 13.0 Å². The van der Waals surface area contributed by atoms with Crippen molar-refractivity contribution in [3.05, 3.63) is 46.9 Å². The molecule has 5 heterocycles. The molecule has 3 fully saturated rings. The van der Waals surface area contributed by atoms with Crippen LogP contribution in [-0.4, -0.2) is 94.8 Å². The quantitative estimate of drug-likeness (QED) is 0.443. The van der Waals surface area contributed by atoms with E-state index in [1.807, 2.05) is 6.92 Å². The zero-order valence-electron chi connectivity index (χ0n) is 24.1. The molecular formula is C31H35F2N5O5. The number of benzene rings is 2. The Balaban J connectivity index is 1.30. The topological polar surface area (TPSA) is 111 Å². The summed E-state index contributed by atoms with van der Waals surface area (Å²) in [5.41, 5.74) is 1.10. The van der Waals surface area contributed by atoms with E-state index in [-0.39, 0.29) is 49.4 Å². The van der Waals surface area contributed by atoms with Crippen molar-refractivity contribution in [3.8, 4) is 11.8 Å². The van der Waals surface area contributed by atoms with E-state index in [1.54, 1.807) is 17.0 Å². The van der Waals surface area contributed by atoms with E-state index in [9.17, 15) is 23.8 Å². The number of fused-ring (bicyclic) bond motifs is 3. The van der Waals surface area contributed by atoms with E-state index in [0.29, 0.717) is 66.1 Å². The Morgan fingerprint density at radius 1 is 1.21 bits per heavy atom. The lowest BCUT2D eigenvalue weighted by Gasteiger charge is -2.31. The number of alkyl halides is 1. The fourth-order valence-electron chi connectivity index (χ4n) is 7.32. The van der Waals surface area contributed by atoms with Gasteiger partial charge in [-0.3, -0.25) is 9.69 Å². The molecule has 10 nitrogen and oxygen atoms in total. The van der Waals surface area contributed by atoms with Crippen LogP contribution in [0.15, 0.2) is 24.3 Å². The molecule has 0 radical (unpaired) electrons. The van der Waals surface area contributed by atoms with Gasteiger partial charge in [0.05, 0.1) is 42.8 Å². The maximum atomic E-state index is 14.9. The van der Waals surface area contributed by atoms with Crippen LogP contribution in [0.3, 0.4) is 0 Å². The number of carbonyl (C=O) groups is 1. The SMILES string of the molecule is CCc1c(F)ccc2cc(O)cc(N3Cc4nc(OC[C@@]56CCCN5C[C@H](F)C6)nc(N5CCOCC(O)C5)c4C3=O)c12. The van der Waals surface area contributed by atoms with Crippen molar-refractivity contribution in [2.45, 2.75) is 57.0 Å². The number of hydrogen-bond donors (Lipinski definition) is 2. The Kier molecular flexibility index (Phi) is 7.10. The number of aliphatic hydroxyl groups excluding tert-OH is 1. The summed E-state index contributed by atoms with van der Waals surface area (Å²) in [6.45, 7) is 4.41. The van der Waals surface area contributed by atoms with E-state index >= 15 is 0 Å². The van der Waals surface area contributed by atoms with Gasteiger partial charge in [0.25, 0.3) is 5.91 Å². The highest BCUT2D eigenvalue weighted by Crippen LogP contribution is 2.42. The second kappa shape index (κ2) is 10.8. The van der Waals surface area contributed by atoms with Crippen molar-refractivity contribution in [2.24, 2.45) is 0 Å². The van der Waals surface area contributed by atoms with Gasteiger partial charge in [0, 0.05) is 37.5 Å². The molecule has 1 amide bonds. The van der Waals surface area contributed by atoms with Crippen LogP contribution in [0, 0.1) is 5.82 Å². The van der Waals surface area contributed by atoms with Crippen molar-refractivity contribution in [3.63, 3.8) is 0 Å². The van der Waals surface area contributed by atoms with Gasteiger partial charge in [-0.25, -0.2) is 8.78 Å². The number of rotatable bonds is 6. The molecule has 12 heteroatoms. The van der Waals surface area contributed by atoms with Crippen LogP contribution >= 0.6 is 0 Å². The predicted octanol–water partition coefficient (Wildman–Crippen LogP) is 3.35. The standard InChI is InChI=1S/C31H35F2N5O5/c1-2-22-23(33)5-4-18-10-20(39)11-25(26(18)22)38-15-24-27(29(38)41)28(36-8-9-42-16-21(40)14-36)35-30(34-24)43-17-31-6-3-7-37(31)13-19(32)12-31/h4-5,10-11,19,21,39-40H,2-3,6-9,12-17H2,1H3/t19-,21?,31+/m1/s1. The molecule has 3 aromatic rings. The molecule has 3 saturated heterocycles. The lowest BCUT2D eigenvalue weighted by Crippen LogP contribution is -2.43. The molecule has 0 bridgehead atoms. The van der Waals surface area contributed by atoms with Gasteiger partial charge >= 0.3 is 6.01 Å². The lowest BCUT2D eigenvalue weighted by molar-refractivity contribution is 0.0597. The van der Waals surface area contributed by atoms with E-state index in [4.69, 9.17) is 14.5 Å². The zero-order valence-corrected chi connectivity index (χ0v) is 24.1. The highest BCUT2D eigenvalue weighted by molar-refractivity contribution is 6.16. The lowest BCUT2D eigenvalue weighted by atomic mass is 9.95. The van der Waals surface area contributed by atoms with Gasteiger partial charge in [-0.2, -0.15) is 9.97 Å². The summed E-state index contributed by atoms with van der Waals surface area (Å²) in [6.07, 6.45) is 0.895. The molecule has 228 valence electrons. The summed E-state index contributed by atoms with van der Waals surface area (Å²) < 4.78 is 41.1. The molecule has 4 aliphatic heterocycles. The first kappa shape index (κ1) is 28.2. The molecule has 2 aromatic carbocycles. The number of halogens is 2. The molecule has 7 rings (SSSR count). The van der Waals surface area contributed by atoms with Crippen molar-refractivity contribution in [2.75, 3.05) is 55.8 Å². The van der Waals surface area contributed by atoms with Crippen LogP contribution in [0.2, 0.25) is 0 Å². The largest absolute Gasteiger partial charge is 0.508 e. The zero-order chi connectivity index (χ0) is 29.9. The number of phenolic OH excluding ortho intramolecular Hbond substituents is 1. The first-order valence-electron chi connectivity index (χ1n) is 15.0. The average molecular weight is 596 g/mol. The number of aliphatic hydroxyl groups is 1. The van der Waals surface area contributed by atoms with Gasteiger partial charge in [-0.15, -0.1) is 0 Å². The summed E-state index contributed by atoms with van der Waals surface area (Å²) in [4.78, 5) is 29.0. The van der Waals surface area contributed by atoms with E-state index in [2.05, 4.69) is 9.88 Å². The number of aromatic hydroxyl groups is 1. The van der Waals surface area contributed by atoms with Gasteiger partial charge in [-0.05, 0) is 48.9 Å². The Morgan fingerprint density at radius 2 is 2.07 bits per heavy atom. The average Bonchev–Trinajstić information content (AvgIpc) is 3.55. The second-order valence-electron chi connectivity index (χ2n) is 12.0.